The predicted octanol–water partition coefficient (Wildman–Crippen LogP) is 2.74. The average Bonchev–Trinajstić information content (AvgIpc) is 3.09. The first-order valence-corrected chi connectivity index (χ1v) is 8.97. The average molecular weight is 302 g/mol. The molecule has 1 aromatic rings. The van der Waals surface area contributed by atoms with Gasteiger partial charge in [0.05, 0.1) is 5.75 Å². The van der Waals surface area contributed by atoms with Crippen LogP contribution in [0.4, 0.5) is 0 Å². The standard InChI is InChI=1S/C14H20ClNO2S/c1-11(10-19(2,17)18)16(13-7-8-13)9-12-5-3-4-6-14(12)15/h3-6,11,13H,7-10H2,1-2H3. The molecule has 0 aliphatic heterocycles. The van der Waals surface area contributed by atoms with Crippen LogP contribution < -0.4 is 0 Å². The van der Waals surface area contributed by atoms with E-state index in [2.05, 4.69) is 4.90 Å². The number of hydrogen-bond donors (Lipinski definition) is 0. The zero-order valence-electron chi connectivity index (χ0n) is 11.3. The molecule has 1 aliphatic rings. The van der Waals surface area contributed by atoms with Crippen LogP contribution in [0.15, 0.2) is 24.3 Å². The Morgan fingerprint density at radius 3 is 2.53 bits per heavy atom. The lowest BCUT2D eigenvalue weighted by Gasteiger charge is -2.29. The molecule has 1 atom stereocenters. The third-order valence-electron chi connectivity index (χ3n) is 3.44. The van der Waals surface area contributed by atoms with Crippen LogP contribution in [0.5, 0.6) is 0 Å². The van der Waals surface area contributed by atoms with Gasteiger partial charge >= 0.3 is 0 Å². The molecule has 0 heterocycles. The van der Waals surface area contributed by atoms with Gasteiger partial charge in [-0.2, -0.15) is 0 Å². The van der Waals surface area contributed by atoms with Crippen molar-refractivity contribution in [2.45, 2.75) is 38.4 Å². The van der Waals surface area contributed by atoms with Gasteiger partial charge in [-0.05, 0) is 31.4 Å². The zero-order valence-corrected chi connectivity index (χ0v) is 12.9. The molecule has 5 heteroatoms. The Kier molecular flexibility index (Phi) is 4.54. The lowest BCUT2D eigenvalue weighted by Crippen LogP contribution is -2.39. The molecule has 0 bridgehead atoms. The zero-order chi connectivity index (χ0) is 14.0. The second kappa shape index (κ2) is 5.81. The second-order valence-electron chi connectivity index (χ2n) is 5.44. The Hall–Kier alpha value is -0.580. The third-order valence-corrected chi connectivity index (χ3v) is 4.89. The van der Waals surface area contributed by atoms with Crippen molar-refractivity contribution in [2.75, 3.05) is 12.0 Å². The van der Waals surface area contributed by atoms with Gasteiger partial charge in [0.15, 0.2) is 0 Å². The van der Waals surface area contributed by atoms with Gasteiger partial charge in [-0.25, -0.2) is 8.42 Å². The highest BCUT2D eigenvalue weighted by molar-refractivity contribution is 7.90. The number of hydrogen-bond acceptors (Lipinski definition) is 3. The minimum absolute atomic E-state index is 0.0266. The van der Waals surface area contributed by atoms with Crippen LogP contribution >= 0.6 is 11.6 Å². The molecule has 106 valence electrons. The molecular formula is C14H20ClNO2S. The van der Waals surface area contributed by atoms with Gasteiger partial charge in [0.2, 0.25) is 0 Å². The summed E-state index contributed by atoms with van der Waals surface area (Å²) in [4.78, 5) is 2.27. The van der Waals surface area contributed by atoms with E-state index in [1.165, 1.54) is 6.26 Å². The van der Waals surface area contributed by atoms with Crippen molar-refractivity contribution in [1.29, 1.82) is 0 Å². The number of benzene rings is 1. The molecule has 0 radical (unpaired) electrons. The lowest BCUT2D eigenvalue weighted by atomic mass is 10.2. The normalized spacial score (nSPS) is 17.7. The van der Waals surface area contributed by atoms with E-state index in [0.29, 0.717) is 6.04 Å². The lowest BCUT2D eigenvalue weighted by molar-refractivity contribution is 0.204. The predicted molar refractivity (Wildman–Crippen MR) is 79.2 cm³/mol. The van der Waals surface area contributed by atoms with Crippen molar-refractivity contribution in [2.24, 2.45) is 0 Å². The number of rotatable bonds is 6. The van der Waals surface area contributed by atoms with Crippen molar-refractivity contribution < 1.29 is 8.42 Å². The van der Waals surface area contributed by atoms with Crippen LogP contribution in [0, 0.1) is 0 Å². The first-order chi connectivity index (χ1) is 8.87. The largest absolute Gasteiger partial charge is 0.292 e. The van der Waals surface area contributed by atoms with Crippen molar-refractivity contribution in [3.8, 4) is 0 Å². The Morgan fingerprint density at radius 1 is 1.37 bits per heavy atom. The second-order valence-corrected chi connectivity index (χ2v) is 8.03. The molecule has 0 amide bonds. The van der Waals surface area contributed by atoms with E-state index in [4.69, 9.17) is 11.6 Å². The fourth-order valence-corrected chi connectivity index (χ4v) is 3.67. The molecule has 19 heavy (non-hydrogen) atoms. The van der Waals surface area contributed by atoms with E-state index >= 15 is 0 Å². The van der Waals surface area contributed by atoms with Crippen LogP contribution in [-0.2, 0) is 16.4 Å². The van der Waals surface area contributed by atoms with Gasteiger partial charge < -0.3 is 0 Å². The summed E-state index contributed by atoms with van der Waals surface area (Å²) in [6, 6.07) is 8.29. The molecule has 3 nitrogen and oxygen atoms in total. The minimum Gasteiger partial charge on any atom is -0.292 e. The monoisotopic (exact) mass is 301 g/mol. The Morgan fingerprint density at radius 2 is 2.00 bits per heavy atom. The highest BCUT2D eigenvalue weighted by atomic mass is 35.5. The van der Waals surface area contributed by atoms with Crippen molar-refractivity contribution in [3.63, 3.8) is 0 Å². The first kappa shape index (κ1) is 14.8. The summed E-state index contributed by atoms with van der Waals surface area (Å²) in [7, 11) is -2.95. The maximum absolute atomic E-state index is 11.5. The molecule has 1 aliphatic carbocycles. The van der Waals surface area contributed by atoms with Crippen molar-refractivity contribution >= 4 is 21.4 Å². The van der Waals surface area contributed by atoms with E-state index < -0.39 is 9.84 Å². The van der Waals surface area contributed by atoms with Crippen LogP contribution in [0.2, 0.25) is 5.02 Å². The SMILES string of the molecule is CC(CS(C)(=O)=O)N(Cc1ccccc1Cl)C1CC1. The Balaban J connectivity index is 2.11. The number of halogens is 1. The summed E-state index contributed by atoms with van der Waals surface area (Å²) in [5, 5.41) is 0.750. The minimum atomic E-state index is -2.95. The van der Waals surface area contributed by atoms with Gasteiger partial charge in [0.25, 0.3) is 0 Å². The van der Waals surface area contributed by atoms with Crippen molar-refractivity contribution in [3.05, 3.63) is 34.9 Å². The molecule has 0 spiro atoms. The Bertz CT molecular complexity index is 540. The summed E-state index contributed by atoms with van der Waals surface area (Å²) in [6.45, 7) is 2.71. The smallest absolute Gasteiger partial charge is 0.148 e. The number of nitrogens with zero attached hydrogens (tertiary/aromatic N) is 1. The molecule has 1 aromatic carbocycles. The summed E-state index contributed by atoms with van der Waals surface area (Å²) in [5.74, 6) is 0.202. The summed E-state index contributed by atoms with van der Waals surface area (Å²) >= 11 is 6.19. The van der Waals surface area contributed by atoms with Gasteiger partial charge in [0, 0.05) is 29.9 Å². The van der Waals surface area contributed by atoms with E-state index in [9.17, 15) is 8.42 Å². The Labute approximate surface area is 120 Å². The van der Waals surface area contributed by atoms with E-state index in [0.717, 1.165) is 30.0 Å². The fraction of sp³-hybridized carbons (Fsp3) is 0.571. The van der Waals surface area contributed by atoms with Gasteiger partial charge in [-0.1, -0.05) is 29.8 Å². The third kappa shape index (κ3) is 4.48. The maximum atomic E-state index is 11.5. The molecule has 0 aromatic heterocycles. The van der Waals surface area contributed by atoms with E-state index in [-0.39, 0.29) is 11.8 Å². The van der Waals surface area contributed by atoms with Crippen LogP contribution in [0.3, 0.4) is 0 Å². The van der Waals surface area contributed by atoms with Crippen molar-refractivity contribution in [1.82, 2.24) is 4.90 Å². The van der Waals surface area contributed by atoms with Gasteiger partial charge in [-0.3, -0.25) is 4.90 Å². The fourth-order valence-electron chi connectivity index (χ4n) is 2.41. The van der Waals surface area contributed by atoms with Crippen LogP contribution in [0.1, 0.15) is 25.3 Å². The molecule has 2 rings (SSSR count). The molecular weight excluding hydrogens is 282 g/mol. The van der Waals surface area contributed by atoms with Gasteiger partial charge in [0.1, 0.15) is 9.84 Å². The van der Waals surface area contributed by atoms with E-state index in [1.54, 1.807) is 0 Å². The van der Waals surface area contributed by atoms with Crippen LogP contribution in [-0.4, -0.2) is 37.4 Å². The molecule has 1 unspecified atom stereocenters. The van der Waals surface area contributed by atoms with E-state index in [1.807, 2.05) is 31.2 Å². The molecule has 1 saturated carbocycles. The highest BCUT2D eigenvalue weighted by Crippen LogP contribution is 2.31. The topological polar surface area (TPSA) is 37.4 Å². The summed E-state index contributed by atoms with van der Waals surface area (Å²) < 4.78 is 22.9. The highest BCUT2D eigenvalue weighted by Gasteiger charge is 2.33. The molecule has 0 N–H and O–H groups in total. The first-order valence-electron chi connectivity index (χ1n) is 6.53. The van der Waals surface area contributed by atoms with Gasteiger partial charge in [-0.15, -0.1) is 0 Å². The number of sulfone groups is 1. The summed E-state index contributed by atoms with van der Waals surface area (Å²) in [6.07, 6.45) is 3.60. The maximum Gasteiger partial charge on any atom is 0.148 e. The summed E-state index contributed by atoms with van der Waals surface area (Å²) in [5.41, 5.74) is 1.07. The van der Waals surface area contributed by atoms with Crippen LogP contribution in [0.25, 0.3) is 0 Å². The molecule has 1 fully saturated rings. The molecule has 0 saturated heterocycles. The quantitative estimate of drug-likeness (QED) is 0.811.